The van der Waals surface area contributed by atoms with E-state index in [0.717, 1.165) is 48.6 Å². The molecule has 31 heavy (non-hydrogen) atoms. The molecule has 3 aromatic rings. The number of aromatic amines is 1. The van der Waals surface area contributed by atoms with Crippen molar-refractivity contribution >= 4 is 23.3 Å². The van der Waals surface area contributed by atoms with Gasteiger partial charge < -0.3 is 10.2 Å². The third-order valence-corrected chi connectivity index (χ3v) is 5.53. The van der Waals surface area contributed by atoms with E-state index in [1.54, 1.807) is 0 Å². The maximum Gasteiger partial charge on any atom is 0.416 e. The Balaban J connectivity index is 1.40. The summed E-state index contributed by atoms with van der Waals surface area (Å²) in [5.74, 6) is 0.392. The minimum Gasteiger partial charge on any atom is -0.353 e. The highest BCUT2D eigenvalue weighted by Gasteiger charge is 2.30. The number of rotatable bonds is 4. The van der Waals surface area contributed by atoms with Crippen molar-refractivity contribution in [2.24, 2.45) is 0 Å². The first kappa shape index (κ1) is 21.2. The van der Waals surface area contributed by atoms with Gasteiger partial charge in [0, 0.05) is 35.8 Å². The number of amides is 1. The van der Waals surface area contributed by atoms with Gasteiger partial charge in [-0.1, -0.05) is 23.7 Å². The van der Waals surface area contributed by atoms with Gasteiger partial charge in [-0.3, -0.25) is 9.89 Å². The second kappa shape index (κ2) is 8.63. The third kappa shape index (κ3) is 5.02. The average molecular weight is 449 g/mol. The largest absolute Gasteiger partial charge is 0.416 e. The highest BCUT2D eigenvalue weighted by atomic mass is 35.5. The maximum atomic E-state index is 12.7. The van der Waals surface area contributed by atoms with Crippen LogP contribution in [0.3, 0.4) is 0 Å². The molecule has 0 radical (unpaired) electrons. The van der Waals surface area contributed by atoms with E-state index in [-0.39, 0.29) is 17.5 Å². The number of H-pyrrole nitrogens is 1. The lowest BCUT2D eigenvalue weighted by molar-refractivity contribution is -0.137. The first-order chi connectivity index (χ1) is 14.8. The molecule has 1 unspecified atom stereocenters. The van der Waals surface area contributed by atoms with Gasteiger partial charge in [-0.25, -0.2) is 0 Å². The minimum atomic E-state index is -4.42. The minimum absolute atomic E-state index is 0.126. The van der Waals surface area contributed by atoms with Gasteiger partial charge in [-0.15, -0.1) is 0 Å². The predicted molar refractivity (Wildman–Crippen MR) is 113 cm³/mol. The monoisotopic (exact) mass is 448 g/mol. The molecule has 2 heterocycles. The number of halogens is 4. The van der Waals surface area contributed by atoms with Crippen molar-refractivity contribution in [2.45, 2.75) is 25.1 Å². The van der Waals surface area contributed by atoms with E-state index in [2.05, 4.69) is 20.4 Å². The molecule has 1 aliphatic rings. The Kier molecular flexibility index (Phi) is 5.91. The molecule has 9 heteroatoms. The number of aromatic nitrogens is 2. The van der Waals surface area contributed by atoms with Gasteiger partial charge in [-0.2, -0.15) is 18.3 Å². The van der Waals surface area contributed by atoms with Gasteiger partial charge in [0.2, 0.25) is 0 Å². The van der Waals surface area contributed by atoms with Crippen LogP contribution in [0.25, 0.3) is 11.3 Å². The Labute approximate surface area is 182 Å². The number of hydrogen-bond acceptors (Lipinski definition) is 3. The van der Waals surface area contributed by atoms with Crippen LogP contribution in [0.15, 0.2) is 54.6 Å². The number of alkyl halides is 3. The molecule has 1 aromatic heterocycles. The first-order valence-corrected chi connectivity index (χ1v) is 10.2. The smallest absolute Gasteiger partial charge is 0.353 e. The summed E-state index contributed by atoms with van der Waals surface area (Å²) in [7, 11) is 0. The van der Waals surface area contributed by atoms with E-state index in [1.165, 1.54) is 12.1 Å². The Hall–Kier alpha value is -3.00. The Morgan fingerprint density at radius 3 is 2.52 bits per heavy atom. The summed E-state index contributed by atoms with van der Waals surface area (Å²) in [6, 6.07) is 13.5. The van der Waals surface area contributed by atoms with Crippen LogP contribution in [0.2, 0.25) is 5.02 Å². The summed E-state index contributed by atoms with van der Waals surface area (Å²) in [6.07, 6.45) is -2.77. The molecule has 0 aliphatic carbocycles. The normalized spacial score (nSPS) is 16.9. The highest BCUT2D eigenvalue weighted by Crippen LogP contribution is 2.29. The van der Waals surface area contributed by atoms with Crippen molar-refractivity contribution in [3.05, 3.63) is 70.7 Å². The van der Waals surface area contributed by atoms with Crippen molar-refractivity contribution in [2.75, 3.05) is 18.0 Å². The van der Waals surface area contributed by atoms with E-state index < -0.39 is 11.7 Å². The highest BCUT2D eigenvalue weighted by molar-refractivity contribution is 6.30. The van der Waals surface area contributed by atoms with Crippen molar-refractivity contribution in [1.29, 1.82) is 0 Å². The predicted octanol–water partition coefficient (Wildman–Crippen LogP) is 5.15. The fraction of sp³-hybridized carbons (Fsp3) is 0.273. The molecule has 4 rings (SSSR count). The summed E-state index contributed by atoms with van der Waals surface area (Å²) < 4.78 is 38.1. The summed E-state index contributed by atoms with van der Waals surface area (Å²) >= 11 is 5.94. The summed E-state index contributed by atoms with van der Waals surface area (Å²) in [4.78, 5) is 14.6. The summed E-state index contributed by atoms with van der Waals surface area (Å²) in [5, 5.41) is 11.0. The van der Waals surface area contributed by atoms with Gasteiger partial charge in [0.25, 0.3) is 5.91 Å². The molecule has 1 amide bonds. The maximum absolute atomic E-state index is 12.7. The SMILES string of the molecule is O=C(NC1CCCN(c2cc(-c3ccc(Cl)cc3)[nH]n2)C1)c1ccc(C(F)(F)F)cc1. The third-order valence-electron chi connectivity index (χ3n) is 5.27. The van der Waals surface area contributed by atoms with Gasteiger partial charge in [-0.05, 0) is 54.8 Å². The number of piperidine rings is 1. The fourth-order valence-electron chi connectivity index (χ4n) is 3.63. The van der Waals surface area contributed by atoms with Crippen LogP contribution in [0.4, 0.5) is 19.0 Å². The first-order valence-electron chi connectivity index (χ1n) is 9.84. The van der Waals surface area contributed by atoms with Gasteiger partial charge in [0.15, 0.2) is 5.82 Å². The van der Waals surface area contributed by atoms with Gasteiger partial charge in [0.05, 0.1) is 11.3 Å². The molecule has 2 N–H and O–H groups in total. The van der Waals surface area contributed by atoms with E-state index >= 15 is 0 Å². The van der Waals surface area contributed by atoms with Gasteiger partial charge >= 0.3 is 6.18 Å². The lowest BCUT2D eigenvalue weighted by atomic mass is 10.0. The fourth-order valence-corrected chi connectivity index (χ4v) is 3.76. The zero-order valence-electron chi connectivity index (χ0n) is 16.4. The molecule has 162 valence electrons. The molecule has 5 nitrogen and oxygen atoms in total. The van der Waals surface area contributed by atoms with Crippen LogP contribution in [-0.4, -0.2) is 35.2 Å². The Morgan fingerprint density at radius 2 is 1.84 bits per heavy atom. The van der Waals surface area contributed by atoms with E-state index in [1.807, 2.05) is 30.3 Å². The number of carbonyl (C=O) groups is 1. The van der Waals surface area contributed by atoms with Crippen LogP contribution in [0.1, 0.15) is 28.8 Å². The van der Waals surface area contributed by atoms with Crippen molar-refractivity contribution in [1.82, 2.24) is 15.5 Å². The number of benzene rings is 2. The van der Waals surface area contributed by atoms with Crippen molar-refractivity contribution in [3.8, 4) is 11.3 Å². The molecular formula is C22H20ClF3N4O. The molecule has 1 saturated heterocycles. The van der Waals surface area contributed by atoms with Crippen molar-refractivity contribution < 1.29 is 18.0 Å². The Morgan fingerprint density at radius 1 is 1.13 bits per heavy atom. The molecule has 0 spiro atoms. The van der Waals surface area contributed by atoms with Crippen LogP contribution in [0.5, 0.6) is 0 Å². The Bertz CT molecular complexity index is 1050. The van der Waals surface area contributed by atoms with E-state index in [9.17, 15) is 18.0 Å². The van der Waals surface area contributed by atoms with Gasteiger partial charge in [0.1, 0.15) is 0 Å². The van der Waals surface area contributed by atoms with Crippen LogP contribution < -0.4 is 10.2 Å². The quantitative estimate of drug-likeness (QED) is 0.580. The molecule has 1 fully saturated rings. The lowest BCUT2D eigenvalue weighted by Gasteiger charge is -2.33. The summed E-state index contributed by atoms with van der Waals surface area (Å²) in [5.41, 5.74) is 1.26. The second-order valence-corrected chi connectivity index (χ2v) is 7.92. The van der Waals surface area contributed by atoms with E-state index in [4.69, 9.17) is 11.6 Å². The topological polar surface area (TPSA) is 61.0 Å². The van der Waals surface area contributed by atoms with Crippen LogP contribution >= 0.6 is 11.6 Å². The molecule has 2 aromatic carbocycles. The number of nitrogens with one attached hydrogen (secondary N) is 2. The molecule has 1 atom stereocenters. The zero-order chi connectivity index (χ0) is 22.0. The second-order valence-electron chi connectivity index (χ2n) is 7.48. The number of anilines is 1. The molecular weight excluding hydrogens is 429 g/mol. The standard InChI is InChI=1S/C22H20ClF3N4O/c23-17-9-5-14(6-10-17)19-12-20(29-28-19)30-11-1-2-18(13-30)27-21(31)15-3-7-16(8-4-15)22(24,25)26/h3-10,12,18H,1-2,11,13H2,(H,27,31)(H,28,29). The number of hydrogen-bond donors (Lipinski definition) is 2. The molecule has 0 saturated carbocycles. The summed E-state index contributed by atoms with van der Waals surface area (Å²) in [6.45, 7) is 1.37. The lowest BCUT2D eigenvalue weighted by Crippen LogP contribution is -2.48. The van der Waals surface area contributed by atoms with E-state index in [0.29, 0.717) is 11.6 Å². The number of carbonyl (C=O) groups excluding carboxylic acids is 1. The average Bonchev–Trinajstić information content (AvgIpc) is 3.24. The van der Waals surface area contributed by atoms with Crippen molar-refractivity contribution in [3.63, 3.8) is 0 Å². The number of nitrogens with zero attached hydrogens (tertiary/aromatic N) is 2. The van der Waals surface area contributed by atoms with Crippen LogP contribution in [0, 0.1) is 0 Å². The molecule has 1 aliphatic heterocycles. The molecule has 0 bridgehead atoms. The zero-order valence-corrected chi connectivity index (χ0v) is 17.2. The van der Waals surface area contributed by atoms with Crippen LogP contribution in [-0.2, 0) is 6.18 Å².